The summed E-state index contributed by atoms with van der Waals surface area (Å²) in [6, 6.07) is 1.47. The SMILES string of the molecule is O=C(O)[C@H]1C2CCC(CC2)[C@@H]1n1cc(F)c2cnc(-c3c[nH]c4ncc(Cl)cc34)nc21. The lowest BCUT2D eigenvalue weighted by molar-refractivity contribution is -0.151. The number of carboxylic acid groups (broad SMARTS) is 1. The average molecular weight is 440 g/mol. The number of halogens is 2. The molecule has 4 aromatic heterocycles. The number of pyridine rings is 1. The fraction of sp³-hybridized carbons (Fsp3) is 0.364. The summed E-state index contributed by atoms with van der Waals surface area (Å²) in [5.41, 5.74) is 1.79. The van der Waals surface area contributed by atoms with Gasteiger partial charge < -0.3 is 14.7 Å². The Balaban J connectivity index is 1.53. The molecule has 0 aromatic carbocycles. The fourth-order valence-electron chi connectivity index (χ4n) is 5.68. The van der Waals surface area contributed by atoms with Gasteiger partial charge in [0.1, 0.15) is 11.3 Å². The lowest BCUT2D eigenvalue weighted by Gasteiger charge is -2.47. The topological polar surface area (TPSA) is 96.7 Å². The molecule has 2 atom stereocenters. The Kier molecular flexibility index (Phi) is 4.08. The highest BCUT2D eigenvalue weighted by Gasteiger charge is 2.48. The van der Waals surface area contributed by atoms with Crippen LogP contribution in [-0.4, -0.2) is 35.6 Å². The highest BCUT2D eigenvalue weighted by Crippen LogP contribution is 2.52. The van der Waals surface area contributed by atoms with Crippen LogP contribution in [0, 0.1) is 23.6 Å². The summed E-state index contributed by atoms with van der Waals surface area (Å²) in [5.74, 6) is -1.04. The number of aromatic amines is 1. The Labute approximate surface area is 181 Å². The summed E-state index contributed by atoms with van der Waals surface area (Å²) in [6.45, 7) is 0. The van der Waals surface area contributed by atoms with E-state index in [9.17, 15) is 14.3 Å². The molecule has 0 saturated heterocycles. The first-order valence-corrected chi connectivity index (χ1v) is 10.8. The predicted molar refractivity (Wildman–Crippen MR) is 113 cm³/mol. The number of nitrogens with one attached hydrogen (secondary N) is 1. The normalized spacial score (nSPS) is 25.5. The molecule has 2 N–H and O–H groups in total. The number of rotatable bonds is 3. The molecule has 31 heavy (non-hydrogen) atoms. The minimum Gasteiger partial charge on any atom is -0.481 e. The van der Waals surface area contributed by atoms with Crippen LogP contribution in [0.4, 0.5) is 4.39 Å². The molecule has 0 radical (unpaired) electrons. The Morgan fingerprint density at radius 2 is 1.94 bits per heavy atom. The third-order valence-electron chi connectivity index (χ3n) is 7.04. The van der Waals surface area contributed by atoms with Gasteiger partial charge in [-0.1, -0.05) is 11.6 Å². The Morgan fingerprint density at radius 1 is 1.16 bits per heavy atom. The van der Waals surface area contributed by atoms with Gasteiger partial charge in [0, 0.05) is 35.7 Å². The largest absolute Gasteiger partial charge is 0.481 e. The zero-order chi connectivity index (χ0) is 21.3. The molecular weight excluding hydrogens is 421 g/mol. The highest BCUT2D eigenvalue weighted by atomic mass is 35.5. The van der Waals surface area contributed by atoms with Crippen molar-refractivity contribution in [2.24, 2.45) is 17.8 Å². The van der Waals surface area contributed by atoms with Crippen LogP contribution in [0.15, 0.2) is 30.9 Å². The van der Waals surface area contributed by atoms with Gasteiger partial charge in [-0.15, -0.1) is 0 Å². The molecule has 9 heteroatoms. The van der Waals surface area contributed by atoms with Crippen LogP contribution < -0.4 is 0 Å². The lowest BCUT2D eigenvalue weighted by Crippen LogP contribution is -2.44. The smallest absolute Gasteiger partial charge is 0.308 e. The summed E-state index contributed by atoms with van der Waals surface area (Å²) < 4.78 is 16.6. The molecule has 3 aliphatic carbocycles. The first-order valence-electron chi connectivity index (χ1n) is 10.4. The number of aliphatic carboxylic acids is 1. The van der Waals surface area contributed by atoms with Crippen LogP contribution >= 0.6 is 11.6 Å². The van der Waals surface area contributed by atoms with Crippen molar-refractivity contribution in [3.63, 3.8) is 0 Å². The Morgan fingerprint density at radius 3 is 2.71 bits per heavy atom. The molecule has 3 saturated carbocycles. The van der Waals surface area contributed by atoms with Crippen LogP contribution in [0.25, 0.3) is 33.5 Å². The summed E-state index contributed by atoms with van der Waals surface area (Å²) in [7, 11) is 0. The van der Waals surface area contributed by atoms with Crippen molar-refractivity contribution in [2.45, 2.75) is 31.7 Å². The molecule has 0 aliphatic heterocycles. The van der Waals surface area contributed by atoms with Gasteiger partial charge >= 0.3 is 5.97 Å². The number of nitrogens with zero attached hydrogens (tertiary/aromatic N) is 4. The monoisotopic (exact) mass is 439 g/mol. The number of hydrogen-bond acceptors (Lipinski definition) is 4. The third kappa shape index (κ3) is 2.77. The van der Waals surface area contributed by atoms with Crippen molar-refractivity contribution >= 4 is 39.6 Å². The van der Waals surface area contributed by atoms with E-state index in [4.69, 9.17) is 16.6 Å². The summed E-state index contributed by atoms with van der Waals surface area (Å²) in [5, 5.41) is 11.5. The molecule has 0 amide bonds. The van der Waals surface area contributed by atoms with Crippen molar-refractivity contribution in [3.05, 3.63) is 41.7 Å². The number of fused-ring (bicyclic) bond motifs is 5. The standard InChI is InChI=1S/C22H19ClFN5O2/c23-12-5-13-14(7-26-19(13)25-6-12)20-27-8-15-16(24)9-29(21(15)28-20)18-11-3-1-10(2-4-11)17(18)22(30)31/h5-11,17-18H,1-4H2,(H,25,26)(H,30,31)/t10?,11?,17-,18-/m0/s1. The summed E-state index contributed by atoms with van der Waals surface area (Å²) in [6.07, 6.45) is 9.94. The van der Waals surface area contributed by atoms with E-state index in [-0.39, 0.29) is 17.9 Å². The molecule has 3 aliphatic rings. The van der Waals surface area contributed by atoms with E-state index in [0.717, 1.165) is 31.1 Å². The predicted octanol–water partition coefficient (Wildman–Crippen LogP) is 4.83. The number of hydrogen-bond donors (Lipinski definition) is 2. The number of carboxylic acids is 1. The summed E-state index contributed by atoms with van der Waals surface area (Å²) >= 11 is 6.12. The molecule has 0 spiro atoms. The van der Waals surface area contributed by atoms with Crippen LogP contribution in [0.2, 0.25) is 5.02 Å². The molecule has 4 aromatic rings. The van der Waals surface area contributed by atoms with Gasteiger partial charge in [-0.3, -0.25) is 4.79 Å². The van der Waals surface area contributed by atoms with Gasteiger partial charge in [-0.25, -0.2) is 19.3 Å². The van der Waals surface area contributed by atoms with Crippen molar-refractivity contribution in [1.29, 1.82) is 0 Å². The maximum absolute atomic E-state index is 14.8. The van der Waals surface area contributed by atoms with Crippen LogP contribution in [0.3, 0.4) is 0 Å². The van der Waals surface area contributed by atoms with Crippen LogP contribution in [0.5, 0.6) is 0 Å². The molecule has 7 nitrogen and oxygen atoms in total. The molecule has 0 unspecified atom stereocenters. The van der Waals surface area contributed by atoms with Gasteiger partial charge in [0.2, 0.25) is 0 Å². The maximum atomic E-state index is 14.8. The number of aromatic nitrogens is 5. The average Bonchev–Trinajstić information content (AvgIpc) is 3.34. The van der Waals surface area contributed by atoms with E-state index in [1.165, 1.54) is 12.4 Å². The zero-order valence-corrected chi connectivity index (χ0v) is 17.2. The fourth-order valence-corrected chi connectivity index (χ4v) is 5.83. The Bertz CT molecular complexity index is 1340. The van der Waals surface area contributed by atoms with Crippen LogP contribution in [0.1, 0.15) is 31.7 Å². The van der Waals surface area contributed by atoms with Crippen LogP contribution in [-0.2, 0) is 4.79 Å². The lowest BCUT2D eigenvalue weighted by atomic mass is 9.61. The molecule has 158 valence electrons. The molecule has 7 rings (SSSR count). The molecule has 3 fully saturated rings. The Hall–Kier alpha value is -3.00. The first-order chi connectivity index (χ1) is 15.0. The van der Waals surface area contributed by atoms with Crippen molar-refractivity contribution < 1.29 is 14.3 Å². The first kappa shape index (κ1) is 18.7. The summed E-state index contributed by atoms with van der Waals surface area (Å²) in [4.78, 5) is 28.6. The van der Waals surface area contributed by atoms with E-state index in [2.05, 4.69) is 15.0 Å². The minimum atomic E-state index is -0.812. The minimum absolute atomic E-state index is 0.121. The van der Waals surface area contributed by atoms with Gasteiger partial charge in [0.25, 0.3) is 0 Å². The van der Waals surface area contributed by atoms with E-state index in [1.807, 2.05) is 0 Å². The van der Waals surface area contributed by atoms with E-state index < -0.39 is 17.7 Å². The van der Waals surface area contributed by atoms with Gasteiger partial charge in [-0.2, -0.15) is 0 Å². The van der Waals surface area contributed by atoms with E-state index in [0.29, 0.717) is 33.1 Å². The zero-order valence-electron chi connectivity index (χ0n) is 16.4. The third-order valence-corrected chi connectivity index (χ3v) is 7.25. The quantitative estimate of drug-likeness (QED) is 0.476. The molecule has 4 heterocycles. The molecular formula is C22H19ClFN5O2. The van der Waals surface area contributed by atoms with E-state index in [1.54, 1.807) is 23.0 Å². The van der Waals surface area contributed by atoms with Crippen molar-refractivity contribution in [1.82, 2.24) is 24.5 Å². The molecule has 2 bridgehead atoms. The second-order valence-electron chi connectivity index (χ2n) is 8.60. The van der Waals surface area contributed by atoms with E-state index >= 15 is 0 Å². The maximum Gasteiger partial charge on any atom is 0.308 e. The second kappa shape index (κ2) is 6.75. The van der Waals surface area contributed by atoms with Crippen molar-refractivity contribution in [3.8, 4) is 11.4 Å². The van der Waals surface area contributed by atoms with Crippen molar-refractivity contribution in [2.75, 3.05) is 0 Å². The van der Waals surface area contributed by atoms with Gasteiger partial charge in [-0.05, 0) is 43.6 Å². The second-order valence-corrected chi connectivity index (χ2v) is 9.03. The van der Waals surface area contributed by atoms with Gasteiger partial charge in [0.05, 0.1) is 22.4 Å². The highest BCUT2D eigenvalue weighted by molar-refractivity contribution is 6.31. The number of carbonyl (C=O) groups is 1. The van der Waals surface area contributed by atoms with Gasteiger partial charge in [0.15, 0.2) is 11.6 Å². The number of H-pyrrole nitrogens is 1.